The maximum Gasteiger partial charge on any atom is 0.263 e. The third kappa shape index (κ3) is 7.53. The first-order valence-electron chi connectivity index (χ1n) is 6.86. The van der Waals surface area contributed by atoms with Gasteiger partial charge in [-0.15, -0.1) is 23.1 Å². The molecule has 124 valence electrons. The van der Waals surface area contributed by atoms with Crippen molar-refractivity contribution in [2.45, 2.75) is 19.2 Å². The molecule has 5 nitrogen and oxygen atoms in total. The summed E-state index contributed by atoms with van der Waals surface area (Å²) in [4.78, 5) is 15.0. The van der Waals surface area contributed by atoms with Gasteiger partial charge in [-0.3, -0.25) is 10.1 Å². The van der Waals surface area contributed by atoms with Crippen LogP contribution in [-0.4, -0.2) is 42.5 Å². The fourth-order valence-corrected chi connectivity index (χ4v) is 4.48. The molecule has 0 atom stereocenters. The Labute approximate surface area is 144 Å². The molecule has 0 aliphatic heterocycles. The number of rotatable bonds is 10. The molecule has 1 aromatic heterocycles. The second-order valence-corrected chi connectivity index (χ2v) is 8.19. The highest BCUT2D eigenvalue weighted by molar-refractivity contribution is 8.02. The minimum absolute atomic E-state index is 0.424. The van der Waals surface area contributed by atoms with Crippen molar-refractivity contribution in [1.82, 2.24) is 10.2 Å². The number of hydrogen-bond donors (Lipinski definition) is 1. The van der Waals surface area contributed by atoms with Crippen LogP contribution in [0.2, 0.25) is 0 Å². The van der Waals surface area contributed by atoms with Crippen LogP contribution < -0.4 is 5.32 Å². The third-order valence-corrected chi connectivity index (χ3v) is 5.87. The first-order valence-corrected chi connectivity index (χ1v) is 10.1. The van der Waals surface area contributed by atoms with Crippen LogP contribution in [0.15, 0.2) is 17.3 Å². The van der Waals surface area contributed by atoms with Gasteiger partial charge >= 0.3 is 0 Å². The van der Waals surface area contributed by atoms with E-state index in [4.69, 9.17) is 0 Å². The zero-order valence-corrected chi connectivity index (χ0v) is 15.9. The molecule has 0 fully saturated rings. The molecule has 22 heavy (non-hydrogen) atoms. The van der Waals surface area contributed by atoms with Crippen LogP contribution in [0, 0.1) is 17.0 Å². The molecule has 0 aliphatic rings. The van der Waals surface area contributed by atoms with Gasteiger partial charge in [0.25, 0.3) is 6.20 Å². The molecule has 0 saturated heterocycles. The molecule has 0 aliphatic carbocycles. The predicted octanol–water partition coefficient (Wildman–Crippen LogP) is 3.38. The Kier molecular flexibility index (Phi) is 8.92. The van der Waals surface area contributed by atoms with Crippen LogP contribution in [0.1, 0.15) is 15.3 Å². The summed E-state index contributed by atoms with van der Waals surface area (Å²) in [6.07, 6.45) is 2.85. The number of nitrogens with one attached hydrogen (secondary N) is 1. The second-order valence-electron chi connectivity index (χ2n) is 5.02. The van der Waals surface area contributed by atoms with Gasteiger partial charge in [-0.1, -0.05) is 0 Å². The highest BCUT2D eigenvalue weighted by Gasteiger charge is 2.07. The Hall–Kier alpha value is -0.700. The van der Waals surface area contributed by atoms with Crippen molar-refractivity contribution in [1.29, 1.82) is 0 Å². The summed E-state index contributed by atoms with van der Waals surface area (Å²) >= 11 is 5.08. The molecule has 0 amide bonds. The van der Waals surface area contributed by atoms with Crippen molar-refractivity contribution in [2.24, 2.45) is 0 Å². The van der Waals surface area contributed by atoms with Crippen molar-refractivity contribution < 1.29 is 4.92 Å². The molecule has 0 saturated carbocycles. The molecule has 1 heterocycles. The van der Waals surface area contributed by atoms with E-state index >= 15 is 0 Å². The number of thioether (sulfide) groups is 2. The molecular formula is C14H23N3O2S3. The van der Waals surface area contributed by atoms with E-state index in [0.717, 1.165) is 30.8 Å². The average Bonchev–Trinajstić information content (AvgIpc) is 2.76. The summed E-state index contributed by atoms with van der Waals surface area (Å²) < 4.78 is 0. The number of thiophene rings is 1. The highest BCUT2D eigenvalue weighted by atomic mass is 32.2. The van der Waals surface area contributed by atoms with Crippen molar-refractivity contribution in [3.05, 3.63) is 42.7 Å². The van der Waals surface area contributed by atoms with Crippen LogP contribution in [0.5, 0.6) is 0 Å². The first kappa shape index (κ1) is 19.3. The van der Waals surface area contributed by atoms with Gasteiger partial charge in [0.2, 0.25) is 0 Å². The van der Waals surface area contributed by atoms with Gasteiger partial charge in [0.15, 0.2) is 0 Å². The van der Waals surface area contributed by atoms with Gasteiger partial charge in [0, 0.05) is 34.3 Å². The van der Waals surface area contributed by atoms with Crippen molar-refractivity contribution in [3.63, 3.8) is 0 Å². The normalized spacial score (nSPS) is 12.0. The van der Waals surface area contributed by atoms with E-state index in [1.165, 1.54) is 27.1 Å². The second kappa shape index (κ2) is 10.1. The van der Waals surface area contributed by atoms with Crippen molar-refractivity contribution >= 4 is 34.9 Å². The number of nitro groups is 1. The molecule has 1 N–H and O–H groups in total. The molecular weight excluding hydrogens is 338 g/mol. The third-order valence-electron chi connectivity index (χ3n) is 2.76. The van der Waals surface area contributed by atoms with Gasteiger partial charge in [-0.25, -0.2) is 0 Å². The van der Waals surface area contributed by atoms with Gasteiger partial charge in [0.1, 0.15) is 5.03 Å². The van der Waals surface area contributed by atoms with E-state index in [9.17, 15) is 10.1 Å². The Balaban J connectivity index is 2.31. The largest absolute Gasteiger partial charge is 0.374 e. The predicted molar refractivity (Wildman–Crippen MR) is 99.2 cm³/mol. The van der Waals surface area contributed by atoms with E-state index in [1.54, 1.807) is 0 Å². The number of hydrogen-bond acceptors (Lipinski definition) is 7. The Bertz CT molecular complexity index is 515. The number of aryl methyl sites for hydroxylation is 1. The van der Waals surface area contributed by atoms with E-state index in [2.05, 4.69) is 37.3 Å². The fourth-order valence-electron chi connectivity index (χ4n) is 1.79. The lowest BCUT2D eigenvalue weighted by Crippen LogP contribution is -2.15. The van der Waals surface area contributed by atoms with Gasteiger partial charge < -0.3 is 10.2 Å². The van der Waals surface area contributed by atoms with Crippen LogP contribution >= 0.6 is 34.9 Å². The lowest BCUT2D eigenvalue weighted by molar-refractivity contribution is -0.403. The maximum absolute atomic E-state index is 10.4. The SMILES string of the molecule is CS/C(=C\[N+](=O)[O-])NCCSCc1cc(C)c(CN(C)C)s1. The average molecular weight is 362 g/mol. The van der Waals surface area contributed by atoms with Gasteiger partial charge in [-0.2, -0.15) is 11.8 Å². The molecule has 0 aromatic carbocycles. The summed E-state index contributed by atoms with van der Waals surface area (Å²) in [7, 11) is 4.17. The van der Waals surface area contributed by atoms with Crippen molar-refractivity contribution in [2.75, 3.05) is 32.6 Å². The summed E-state index contributed by atoms with van der Waals surface area (Å²) in [6.45, 7) is 3.89. The molecule has 0 radical (unpaired) electrons. The molecule has 1 rings (SSSR count). The lowest BCUT2D eigenvalue weighted by Gasteiger charge is -2.07. The van der Waals surface area contributed by atoms with E-state index in [1.807, 2.05) is 29.4 Å². The minimum Gasteiger partial charge on any atom is -0.374 e. The van der Waals surface area contributed by atoms with E-state index in [0.29, 0.717) is 5.03 Å². The van der Waals surface area contributed by atoms with Crippen molar-refractivity contribution in [3.8, 4) is 0 Å². The van der Waals surface area contributed by atoms with Crippen LogP contribution in [0.25, 0.3) is 0 Å². The quantitative estimate of drug-likeness (QED) is 0.392. The van der Waals surface area contributed by atoms with E-state index < -0.39 is 4.92 Å². The minimum atomic E-state index is -0.424. The molecule has 0 unspecified atom stereocenters. The summed E-state index contributed by atoms with van der Waals surface area (Å²) in [6, 6.07) is 2.27. The fraction of sp³-hybridized carbons (Fsp3) is 0.571. The van der Waals surface area contributed by atoms with Crippen LogP contribution in [0.3, 0.4) is 0 Å². The molecule has 0 bridgehead atoms. The number of nitrogens with zero attached hydrogens (tertiary/aromatic N) is 2. The van der Waals surface area contributed by atoms with E-state index in [-0.39, 0.29) is 0 Å². The van der Waals surface area contributed by atoms with Gasteiger partial charge in [0.05, 0.1) is 4.92 Å². The summed E-state index contributed by atoms with van der Waals surface area (Å²) in [5.74, 6) is 1.92. The first-order chi connectivity index (χ1) is 10.4. The molecule has 0 spiro atoms. The maximum atomic E-state index is 10.4. The zero-order valence-electron chi connectivity index (χ0n) is 13.4. The lowest BCUT2D eigenvalue weighted by atomic mass is 10.2. The summed E-state index contributed by atoms with van der Waals surface area (Å²) in [5.41, 5.74) is 1.37. The van der Waals surface area contributed by atoms with Crippen LogP contribution in [0.4, 0.5) is 0 Å². The standard InChI is InChI=1S/C14H23N3O2S3/c1-11-7-12(22-13(11)8-16(2)3)10-21-6-5-15-14(20-4)9-17(18)19/h7,9,15H,5-6,8,10H2,1-4H3/b14-9-. The smallest absolute Gasteiger partial charge is 0.263 e. The Morgan fingerprint density at radius 3 is 2.86 bits per heavy atom. The monoisotopic (exact) mass is 361 g/mol. The highest BCUT2D eigenvalue weighted by Crippen LogP contribution is 2.26. The topological polar surface area (TPSA) is 58.4 Å². The Morgan fingerprint density at radius 1 is 1.55 bits per heavy atom. The molecule has 1 aromatic rings. The van der Waals surface area contributed by atoms with Gasteiger partial charge in [-0.05, 0) is 38.9 Å². The summed E-state index contributed by atoms with van der Waals surface area (Å²) in [5, 5.41) is 14.1. The Morgan fingerprint density at radius 2 is 2.27 bits per heavy atom. The van der Waals surface area contributed by atoms with Crippen LogP contribution in [-0.2, 0) is 12.3 Å². The zero-order chi connectivity index (χ0) is 16.5. The molecule has 8 heteroatoms.